The number of rotatable bonds is 7. The second-order valence-corrected chi connectivity index (χ2v) is 9.87. The summed E-state index contributed by atoms with van der Waals surface area (Å²) in [4.78, 5) is 17.4. The van der Waals surface area contributed by atoms with Crippen LogP contribution in [0.15, 0.2) is 54.7 Å². The van der Waals surface area contributed by atoms with Crippen LogP contribution in [0.25, 0.3) is 11.0 Å². The third-order valence-electron chi connectivity index (χ3n) is 6.81. The number of carbonyl (C=O) groups is 1. The van der Waals surface area contributed by atoms with Crippen LogP contribution in [0.5, 0.6) is 5.88 Å². The smallest absolute Gasteiger partial charge is 0.255 e. The molecule has 7 nitrogen and oxygen atoms in total. The standard InChI is InChI=1S/C29H33N5O2/c1-18(2)24-13-12-22(16-19(24)3)32-28(35)20-8-7-9-21(17-20)31-25-14-15-30-27-26(25)29(34-33-27)36-23-10-5-4-6-11-23/h7-9,12-18,23H,4-6,10-11H2,1-3H3,(H,32,35)(H2,30,31,33,34). The predicted octanol–water partition coefficient (Wildman–Crippen LogP) is 7.10. The van der Waals surface area contributed by atoms with Crippen LogP contribution < -0.4 is 15.4 Å². The highest BCUT2D eigenvalue weighted by molar-refractivity contribution is 6.05. The van der Waals surface area contributed by atoms with Crippen molar-refractivity contribution in [1.29, 1.82) is 0 Å². The first-order valence-electron chi connectivity index (χ1n) is 12.8. The summed E-state index contributed by atoms with van der Waals surface area (Å²) >= 11 is 0. The fourth-order valence-electron chi connectivity index (χ4n) is 4.95. The van der Waals surface area contributed by atoms with Gasteiger partial charge in [0.2, 0.25) is 5.88 Å². The molecule has 186 valence electrons. The van der Waals surface area contributed by atoms with E-state index in [-0.39, 0.29) is 12.0 Å². The molecule has 1 aliphatic carbocycles. The number of nitrogens with one attached hydrogen (secondary N) is 3. The number of ether oxygens (including phenoxy) is 1. The topological polar surface area (TPSA) is 91.9 Å². The van der Waals surface area contributed by atoms with Crippen molar-refractivity contribution in [2.24, 2.45) is 0 Å². The summed E-state index contributed by atoms with van der Waals surface area (Å²) in [5.74, 6) is 0.863. The Labute approximate surface area is 211 Å². The lowest BCUT2D eigenvalue weighted by molar-refractivity contribution is 0.102. The highest BCUT2D eigenvalue weighted by Crippen LogP contribution is 2.33. The molecule has 1 fully saturated rings. The number of carbonyl (C=O) groups excluding carboxylic acids is 1. The van der Waals surface area contributed by atoms with E-state index in [0.717, 1.165) is 35.3 Å². The largest absolute Gasteiger partial charge is 0.473 e. The van der Waals surface area contributed by atoms with E-state index in [1.165, 1.54) is 30.4 Å². The molecule has 0 atom stereocenters. The summed E-state index contributed by atoms with van der Waals surface area (Å²) in [5.41, 5.74) is 6.12. The molecule has 0 unspecified atom stereocenters. The SMILES string of the molecule is Cc1cc(NC(=O)c2cccc(Nc3ccnc4[nH]nc(OC5CCCCC5)c34)c2)ccc1C(C)C. The van der Waals surface area contributed by atoms with E-state index in [4.69, 9.17) is 4.74 Å². The van der Waals surface area contributed by atoms with Crippen LogP contribution in [0.2, 0.25) is 0 Å². The number of H-pyrrole nitrogens is 1. The van der Waals surface area contributed by atoms with Crippen LogP contribution in [0, 0.1) is 6.92 Å². The van der Waals surface area contributed by atoms with Gasteiger partial charge < -0.3 is 15.4 Å². The van der Waals surface area contributed by atoms with Gasteiger partial charge in [-0.1, -0.05) is 32.4 Å². The van der Waals surface area contributed by atoms with Crippen molar-refractivity contribution in [2.45, 2.75) is 64.9 Å². The maximum absolute atomic E-state index is 13.0. The van der Waals surface area contributed by atoms with E-state index in [1.54, 1.807) is 6.20 Å². The molecular weight excluding hydrogens is 450 g/mol. The van der Waals surface area contributed by atoms with Crippen molar-refractivity contribution in [3.8, 4) is 5.88 Å². The van der Waals surface area contributed by atoms with Crippen LogP contribution in [0.4, 0.5) is 17.1 Å². The van der Waals surface area contributed by atoms with Crippen molar-refractivity contribution in [1.82, 2.24) is 15.2 Å². The summed E-state index contributed by atoms with van der Waals surface area (Å²) in [6.07, 6.45) is 7.65. The van der Waals surface area contributed by atoms with Gasteiger partial charge in [-0.05, 0) is 86.1 Å². The molecule has 0 radical (unpaired) electrons. The minimum atomic E-state index is -0.153. The quantitative estimate of drug-likeness (QED) is 0.261. The summed E-state index contributed by atoms with van der Waals surface area (Å²) in [5, 5.41) is 14.7. The molecule has 36 heavy (non-hydrogen) atoms. The normalized spacial score (nSPS) is 14.2. The van der Waals surface area contributed by atoms with Crippen molar-refractivity contribution < 1.29 is 9.53 Å². The zero-order chi connectivity index (χ0) is 25.1. The van der Waals surface area contributed by atoms with Crippen molar-refractivity contribution in [3.05, 3.63) is 71.4 Å². The summed E-state index contributed by atoms with van der Waals surface area (Å²) in [7, 11) is 0. The molecule has 0 aliphatic heterocycles. The third-order valence-corrected chi connectivity index (χ3v) is 6.81. The molecule has 2 heterocycles. The van der Waals surface area contributed by atoms with Gasteiger partial charge in [-0.25, -0.2) is 4.98 Å². The zero-order valence-corrected chi connectivity index (χ0v) is 21.1. The van der Waals surface area contributed by atoms with Crippen LogP contribution in [-0.2, 0) is 0 Å². The minimum absolute atomic E-state index is 0.153. The lowest BCUT2D eigenvalue weighted by Crippen LogP contribution is -2.19. The number of pyridine rings is 1. The summed E-state index contributed by atoms with van der Waals surface area (Å²) in [6, 6.07) is 15.4. The van der Waals surface area contributed by atoms with E-state index < -0.39 is 0 Å². The molecule has 1 amide bonds. The lowest BCUT2D eigenvalue weighted by Gasteiger charge is -2.22. The molecule has 0 saturated heterocycles. The van der Waals surface area contributed by atoms with Gasteiger partial charge in [-0.15, -0.1) is 5.10 Å². The monoisotopic (exact) mass is 483 g/mol. The fraction of sp³-hybridized carbons (Fsp3) is 0.345. The molecule has 7 heteroatoms. The Morgan fingerprint density at radius 1 is 1.06 bits per heavy atom. The maximum atomic E-state index is 13.0. The first-order valence-corrected chi connectivity index (χ1v) is 12.8. The van der Waals surface area contributed by atoms with Gasteiger partial charge in [0.25, 0.3) is 5.91 Å². The number of aromatic amines is 1. The lowest BCUT2D eigenvalue weighted by atomic mass is 9.97. The maximum Gasteiger partial charge on any atom is 0.255 e. The van der Waals surface area contributed by atoms with Gasteiger partial charge in [-0.2, -0.15) is 0 Å². The van der Waals surface area contributed by atoms with E-state index in [1.807, 2.05) is 42.5 Å². The van der Waals surface area contributed by atoms with Crippen LogP contribution in [-0.4, -0.2) is 27.2 Å². The number of hydrogen-bond donors (Lipinski definition) is 3. The zero-order valence-electron chi connectivity index (χ0n) is 21.1. The number of amides is 1. The number of anilines is 3. The molecule has 4 aromatic rings. The van der Waals surface area contributed by atoms with Crippen molar-refractivity contribution >= 4 is 34.0 Å². The molecule has 5 rings (SSSR count). The van der Waals surface area contributed by atoms with Gasteiger partial charge >= 0.3 is 0 Å². The first-order chi connectivity index (χ1) is 17.5. The average Bonchev–Trinajstić information content (AvgIpc) is 3.28. The van der Waals surface area contributed by atoms with Gasteiger partial charge in [0, 0.05) is 23.1 Å². The highest BCUT2D eigenvalue weighted by Gasteiger charge is 2.20. The molecule has 0 bridgehead atoms. The van der Waals surface area contributed by atoms with Gasteiger partial charge in [0.15, 0.2) is 5.65 Å². The van der Waals surface area contributed by atoms with E-state index in [9.17, 15) is 4.79 Å². The number of aromatic nitrogens is 3. The Kier molecular flexibility index (Phi) is 6.89. The number of aryl methyl sites for hydroxylation is 1. The Bertz CT molecular complexity index is 1370. The molecular formula is C29H33N5O2. The van der Waals surface area contributed by atoms with E-state index in [0.29, 0.717) is 23.0 Å². The Balaban J connectivity index is 1.34. The Morgan fingerprint density at radius 3 is 2.67 bits per heavy atom. The number of fused-ring (bicyclic) bond motifs is 1. The molecule has 2 aromatic heterocycles. The van der Waals surface area contributed by atoms with E-state index >= 15 is 0 Å². The Morgan fingerprint density at radius 2 is 1.89 bits per heavy atom. The highest BCUT2D eigenvalue weighted by atomic mass is 16.5. The molecule has 1 saturated carbocycles. The van der Waals surface area contributed by atoms with E-state index in [2.05, 4.69) is 52.7 Å². The van der Waals surface area contributed by atoms with Crippen molar-refractivity contribution in [3.63, 3.8) is 0 Å². The molecule has 1 aliphatic rings. The second kappa shape index (κ2) is 10.4. The fourth-order valence-corrected chi connectivity index (χ4v) is 4.95. The number of hydrogen-bond acceptors (Lipinski definition) is 5. The Hall–Kier alpha value is -3.87. The third kappa shape index (κ3) is 5.20. The average molecular weight is 484 g/mol. The number of nitrogens with zero attached hydrogens (tertiary/aromatic N) is 2. The summed E-state index contributed by atoms with van der Waals surface area (Å²) < 4.78 is 6.26. The summed E-state index contributed by atoms with van der Waals surface area (Å²) in [6.45, 7) is 6.42. The number of benzene rings is 2. The first kappa shape index (κ1) is 23.9. The van der Waals surface area contributed by atoms with Crippen LogP contribution >= 0.6 is 0 Å². The van der Waals surface area contributed by atoms with Crippen LogP contribution in [0.3, 0.4) is 0 Å². The molecule has 0 spiro atoms. The van der Waals surface area contributed by atoms with Gasteiger partial charge in [0.05, 0.1) is 5.69 Å². The van der Waals surface area contributed by atoms with Gasteiger partial charge in [0.1, 0.15) is 11.5 Å². The molecule has 3 N–H and O–H groups in total. The van der Waals surface area contributed by atoms with Crippen LogP contribution in [0.1, 0.15) is 73.4 Å². The molecule has 2 aromatic carbocycles. The second-order valence-electron chi connectivity index (χ2n) is 9.87. The predicted molar refractivity (Wildman–Crippen MR) is 144 cm³/mol. The van der Waals surface area contributed by atoms with Gasteiger partial charge in [-0.3, -0.25) is 9.89 Å². The minimum Gasteiger partial charge on any atom is -0.473 e. The van der Waals surface area contributed by atoms with Crippen molar-refractivity contribution in [2.75, 3.05) is 10.6 Å².